The number of aryl methyl sites for hydroxylation is 2. The lowest BCUT2D eigenvalue weighted by atomic mass is 10.2. The van der Waals surface area contributed by atoms with Crippen molar-refractivity contribution in [1.29, 1.82) is 0 Å². The van der Waals surface area contributed by atoms with Crippen molar-refractivity contribution in [3.05, 3.63) is 179 Å². The first-order chi connectivity index (χ1) is 21.6. The van der Waals surface area contributed by atoms with Gasteiger partial charge in [-0.15, -0.1) is 46.4 Å². The molecular weight excluding hydrogens is 751 g/mol. The molecule has 5 aromatic carbocycles. The van der Waals surface area contributed by atoms with Crippen LogP contribution in [0.15, 0.2) is 152 Å². The van der Waals surface area contributed by atoms with Crippen LogP contribution in [0.1, 0.15) is 32.7 Å². The zero-order chi connectivity index (χ0) is 34.3. The van der Waals surface area contributed by atoms with E-state index in [-0.39, 0.29) is 0 Å². The van der Waals surface area contributed by atoms with Crippen LogP contribution in [0.2, 0.25) is 0 Å². The largest absolute Gasteiger partial charge is 0.216 e. The molecule has 0 aliphatic rings. The van der Waals surface area contributed by atoms with E-state index < -0.39 is 8.63 Å². The van der Waals surface area contributed by atoms with Gasteiger partial charge in [0.05, 0.1) is 0 Å². The van der Waals surface area contributed by atoms with Crippen LogP contribution in [0.5, 0.6) is 0 Å². The molecule has 0 nitrogen and oxygen atoms in total. The van der Waals surface area contributed by atoms with Crippen LogP contribution in [0.4, 0.5) is 0 Å². The van der Waals surface area contributed by atoms with Gasteiger partial charge in [0.15, 0.2) is 0 Å². The first-order valence-electron chi connectivity index (χ1n) is 13.2. The van der Waals surface area contributed by atoms with Crippen LogP contribution in [-0.2, 0) is 9.67 Å². The van der Waals surface area contributed by atoms with Crippen molar-refractivity contribution < 1.29 is 0 Å². The summed E-state index contributed by atoms with van der Waals surface area (Å²) in [6.07, 6.45) is 1.47. The Hall–Kier alpha value is -1.29. The molecule has 244 valence electrons. The number of halogens is 9. The van der Waals surface area contributed by atoms with E-state index in [0.29, 0.717) is 11.4 Å². The second-order valence-corrected chi connectivity index (χ2v) is 12.1. The third-order valence-electron chi connectivity index (χ3n) is 5.03. The lowest BCUT2D eigenvalue weighted by Gasteiger charge is -2.09. The van der Waals surface area contributed by atoms with Crippen molar-refractivity contribution >= 4 is 103 Å². The molecule has 0 heterocycles. The first-order valence-corrected chi connectivity index (χ1v) is 17.7. The van der Waals surface area contributed by atoms with E-state index in [0.717, 1.165) is 5.56 Å². The highest BCUT2D eigenvalue weighted by Crippen LogP contribution is 2.37. The van der Waals surface area contributed by atoms with Gasteiger partial charge in [-0.25, -0.2) is 0 Å². The van der Waals surface area contributed by atoms with E-state index in [1.807, 2.05) is 115 Å². The van der Waals surface area contributed by atoms with Crippen LogP contribution in [0, 0.1) is 13.8 Å². The highest BCUT2D eigenvalue weighted by molar-refractivity contribution is 6.85. The number of rotatable bonds is 2. The highest BCUT2D eigenvalue weighted by atomic mass is 36.5. The highest BCUT2D eigenvalue weighted by Gasteiger charge is 2.21. The maximum absolute atomic E-state index is 5.59. The Labute approximate surface area is 314 Å². The zero-order valence-electron chi connectivity index (χ0n) is 25.1. The van der Waals surface area contributed by atoms with Gasteiger partial charge >= 0.3 is 0 Å². The molecule has 45 heavy (non-hydrogen) atoms. The minimum absolute atomic E-state index is 0.397. The van der Waals surface area contributed by atoms with Gasteiger partial charge in [-0.2, -0.15) is 0 Å². The van der Waals surface area contributed by atoms with Crippen molar-refractivity contribution in [2.24, 2.45) is 0 Å². The quantitative estimate of drug-likeness (QED) is 0.156. The summed E-state index contributed by atoms with van der Waals surface area (Å²) in [4.78, 5) is -0.397. The van der Waals surface area contributed by atoms with Crippen LogP contribution in [0.3, 0.4) is 0 Å². The predicted octanol–water partition coefficient (Wildman–Crippen LogP) is 15.3. The van der Waals surface area contributed by atoms with E-state index in [2.05, 4.69) is 71.4 Å². The summed E-state index contributed by atoms with van der Waals surface area (Å²) >= 11 is 38.1. The molecule has 5 rings (SSSR count). The van der Waals surface area contributed by atoms with Crippen LogP contribution in [0.25, 0.3) is 0 Å². The van der Waals surface area contributed by atoms with Gasteiger partial charge in [-0.3, -0.25) is 0 Å². The third kappa shape index (κ3) is 27.5. The van der Waals surface area contributed by atoms with Crippen molar-refractivity contribution in [2.75, 3.05) is 6.38 Å². The zero-order valence-corrected chi connectivity index (χ0v) is 31.9. The van der Waals surface area contributed by atoms with Crippen molar-refractivity contribution in [3.63, 3.8) is 0 Å². The monoisotopic (exact) mass is 784 g/mol. The average molecular weight is 789 g/mol. The summed E-state index contributed by atoms with van der Waals surface area (Å²) in [6.45, 7) is 4.17. The molecule has 0 amide bonds. The molecule has 0 fully saturated rings. The lowest BCUT2D eigenvalue weighted by molar-refractivity contribution is 1.24. The Balaban J connectivity index is 0. The molecule has 9 heteroatoms. The Morgan fingerprint density at radius 1 is 0.489 bits per heavy atom. The van der Waals surface area contributed by atoms with Crippen molar-refractivity contribution in [3.8, 4) is 0 Å². The molecule has 0 aliphatic carbocycles. The molecule has 0 aromatic heterocycles. The van der Waals surface area contributed by atoms with E-state index >= 15 is 0 Å². The maximum Gasteiger partial charge on any atom is 0.216 e. The fourth-order valence-electron chi connectivity index (χ4n) is 2.86. The molecule has 0 aliphatic heterocycles. The molecule has 0 saturated heterocycles. The smallest absolute Gasteiger partial charge is 0.130 e. The predicted molar refractivity (Wildman–Crippen MR) is 208 cm³/mol. The standard InChI is InChI=1S/C7H5Cl3.C7H6Cl2.C7H7Cl.2C7H8.CH3Cl.Cl2/c8-7(9,10)6-4-2-1-3-5-6;8-7(9)6-4-2-1-3-5-6;8-6-7-4-2-1-3-5-7;2*1-7-5-3-2-4-6-7;2*1-2/h1-5H;1-5,7H;1-5H,6H2;2*2-6H,1H3;1H3;. The lowest BCUT2D eigenvalue weighted by Crippen LogP contribution is -1.98. The van der Waals surface area contributed by atoms with Gasteiger partial charge in [0.25, 0.3) is 0 Å². The van der Waals surface area contributed by atoms with E-state index in [4.69, 9.17) is 69.6 Å². The van der Waals surface area contributed by atoms with Crippen LogP contribution in [-0.4, -0.2) is 6.38 Å². The first kappa shape index (κ1) is 45.8. The van der Waals surface area contributed by atoms with Gasteiger partial charge in [-0.1, -0.05) is 198 Å². The Kier molecular flexibility index (Phi) is 31.9. The maximum atomic E-state index is 5.59. The minimum atomic E-state index is -1.29. The molecule has 0 saturated carbocycles. The van der Waals surface area contributed by atoms with Gasteiger partial charge in [0, 0.05) is 39.5 Å². The summed E-state index contributed by atoms with van der Waals surface area (Å²) in [7, 11) is 8.22. The summed E-state index contributed by atoms with van der Waals surface area (Å²) in [5, 5.41) is 0. The Morgan fingerprint density at radius 2 is 0.778 bits per heavy atom. The van der Waals surface area contributed by atoms with Crippen molar-refractivity contribution in [1.82, 2.24) is 0 Å². The number of hydrogen-bond acceptors (Lipinski definition) is 0. The number of alkyl halides is 7. The minimum Gasteiger partial charge on any atom is -0.130 e. The van der Waals surface area contributed by atoms with E-state index in [1.165, 1.54) is 23.1 Å². The van der Waals surface area contributed by atoms with Gasteiger partial charge in [0.1, 0.15) is 4.84 Å². The normalized spacial score (nSPS) is 9.18. The second-order valence-electron chi connectivity index (χ2n) is 8.50. The van der Waals surface area contributed by atoms with Gasteiger partial charge < -0.3 is 0 Å². The molecule has 0 atom stereocenters. The average Bonchev–Trinajstić information content (AvgIpc) is 3.09. The fraction of sp³-hybridized carbons (Fsp3) is 0.167. The summed E-state index contributed by atoms with van der Waals surface area (Å²) in [6, 6.07) is 49.1. The van der Waals surface area contributed by atoms with Crippen LogP contribution < -0.4 is 0 Å². The topological polar surface area (TPSA) is 0 Å². The molecule has 0 bridgehead atoms. The third-order valence-corrected chi connectivity index (χ3v) is 6.50. The summed E-state index contributed by atoms with van der Waals surface area (Å²) < 4.78 is -1.29. The van der Waals surface area contributed by atoms with Crippen molar-refractivity contribution in [2.45, 2.75) is 28.4 Å². The van der Waals surface area contributed by atoms with E-state index in [1.54, 1.807) is 12.1 Å². The molecule has 0 unspecified atom stereocenters. The molecule has 0 radical (unpaired) electrons. The Bertz CT molecular complexity index is 1230. The molecule has 0 N–H and O–H groups in total. The summed E-state index contributed by atoms with van der Waals surface area (Å²) in [5.41, 5.74) is 5.46. The van der Waals surface area contributed by atoms with Gasteiger partial charge in [0.2, 0.25) is 3.79 Å². The second kappa shape index (κ2) is 31.3. The van der Waals surface area contributed by atoms with Gasteiger partial charge in [-0.05, 0) is 25.0 Å². The Morgan fingerprint density at radius 3 is 0.956 bits per heavy atom. The number of benzene rings is 5. The van der Waals surface area contributed by atoms with Crippen LogP contribution >= 0.6 is 103 Å². The summed E-state index contributed by atoms with van der Waals surface area (Å²) in [5.74, 6) is 0.612. The molecular formula is C36H37Cl9. The molecule has 5 aromatic rings. The SMILES string of the molecule is CCl.Cc1ccccc1.Cc1ccccc1.ClC(Cl)(Cl)c1ccccc1.ClC(Cl)c1ccccc1.ClCc1ccccc1.ClCl. The number of hydrogen-bond donors (Lipinski definition) is 0. The van der Waals surface area contributed by atoms with E-state index in [9.17, 15) is 0 Å². The fourth-order valence-corrected chi connectivity index (χ4v) is 3.71. The molecule has 0 spiro atoms.